The second-order valence-electron chi connectivity index (χ2n) is 4.34. The molecule has 2 N–H and O–H groups in total. The van der Waals surface area contributed by atoms with Gasteiger partial charge in [-0.2, -0.15) is 0 Å². The van der Waals surface area contributed by atoms with Crippen molar-refractivity contribution < 1.29 is 0 Å². The van der Waals surface area contributed by atoms with Crippen LogP contribution < -0.4 is 5.73 Å². The monoisotopic (exact) mass is 263 g/mol. The van der Waals surface area contributed by atoms with Crippen LogP contribution in [0.25, 0.3) is 0 Å². The molecule has 1 nitrogen and oxygen atoms in total. The van der Waals surface area contributed by atoms with Gasteiger partial charge >= 0.3 is 0 Å². The van der Waals surface area contributed by atoms with Crippen molar-refractivity contribution >= 4 is 23.2 Å². The second kappa shape index (κ2) is 4.02. The molecular formula is C14H11Cl2N. The van der Waals surface area contributed by atoms with Crippen LogP contribution in [0.2, 0.25) is 10.0 Å². The van der Waals surface area contributed by atoms with E-state index in [1.54, 1.807) is 0 Å². The number of hydrogen-bond acceptors (Lipinski definition) is 1. The minimum Gasteiger partial charge on any atom is -0.320 e. The third kappa shape index (κ3) is 1.85. The molecule has 0 aromatic heterocycles. The molecule has 0 aliphatic heterocycles. The molecule has 3 heteroatoms. The lowest BCUT2D eigenvalue weighted by molar-refractivity contribution is 0.809. The maximum atomic E-state index is 6.27. The summed E-state index contributed by atoms with van der Waals surface area (Å²) in [5.74, 6) is 0. The van der Waals surface area contributed by atoms with Crippen molar-refractivity contribution in [3.8, 4) is 0 Å². The molecule has 0 unspecified atom stereocenters. The summed E-state index contributed by atoms with van der Waals surface area (Å²) in [6.07, 6.45) is 0.847. The molecule has 0 heterocycles. The summed E-state index contributed by atoms with van der Waals surface area (Å²) >= 11 is 12.0. The van der Waals surface area contributed by atoms with Crippen molar-refractivity contribution in [3.63, 3.8) is 0 Å². The Bertz CT molecular complexity index is 541. The van der Waals surface area contributed by atoms with Crippen LogP contribution in [0.5, 0.6) is 0 Å². The topological polar surface area (TPSA) is 26.0 Å². The second-order valence-corrected chi connectivity index (χ2v) is 5.21. The first-order valence-electron chi connectivity index (χ1n) is 5.47. The zero-order valence-electron chi connectivity index (χ0n) is 9.08. The van der Waals surface area contributed by atoms with Crippen molar-refractivity contribution in [2.45, 2.75) is 12.5 Å². The smallest absolute Gasteiger partial charge is 0.0557 e. The van der Waals surface area contributed by atoms with Gasteiger partial charge in [0.2, 0.25) is 0 Å². The molecule has 0 spiro atoms. The first-order chi connectivity index (χ1) is 8.15. The Morgan fingerprint density at radius 3 is 1.82 bits per heavy atom. The zero-order valence-corrected chi connectivity index (χ0v) is 10.6. The van der Waals surface area contributed by atoms with E-state index in [0.29, 0.717) is 0 Å². The molecule has 0 saturated heterocycles. The molecule has 0 saturated carbocycles. The molecule has 0 fully saturated rings. The van der Waals surface area contributed by atoms with E-state index in [1.165, 1.54) is 11.1 Å². The SMILES string of the molecule is NC1c2ccc(Cl)cc2Cc2cc(Cl)ccc21. The van der Waals surface area contributed by atoms with E-state index in [-0.39, 0.29) is 6.04 Å². The molecule has 1 aliphatic carbocycles. The lowest BCUT2D eigenvalue weighted by atomic mass is 9.83. The Morgan fingerprint density at radius 1 is 0.882 bits per heavy atom. The average Bonchev–Trinajstić information content (AvgIpc) is 2.28. The Balaban J connectivity index is 2.17. The van der Waals surface area contributed by atoms with Gasteiger partial charge in [-0.25, -0.2) is 0 Å². The third-order valence-electron chi connectivity index (χ3n) is 3.26. The van der Waals surface area contributed by atoms with Gasteiger partial charge in [0, 0.05) is 10.0 Å². The van der Waals surface area contributed by atoms with Crippen LogP contribution in [0.4, 0.5) is 0 Å². The molecule has 0 amide bonds. The van der Waals surface area contributed by atoms with E-state index in [2.05, 4.69) is 0 Å². The van der Waals surface area contributed by atoms with Gasteiger partial charge in [0.25, 0.3) is 0 Å². The third-order valence-corrected chi connectivity index (χ3v) is 3.73. The van der Waals surface area contributed by atoms with E-state index in [9.17, 15) is 0 Å². The van der Waals surface area contributed by atoms with Crippen molar-refractivity contribution in [1.29, 1.82) is 0 Å². The zero-order chi connectivity index (χ0) is 12.0. The number of fused-ring (bicyclic) bond motifs is 2. The van der Waals surface area contributed by atoms with E-state index in [0.717, 1.165) is 27.6 Å². The average molecular weight is 264 g/mol. The van der Waals surface area contributed by atoms with E-state index >= 15 is 0 Å². The van der Waals surface area contributed by atoms with Gasteiger partial charge in [0.1, 0.15) is 0 Å². The van der Waals surface area contributed by atoms with E-state index < -0.39 is 0 Å². The first-order valence-corrected chi connectivity index (χ1v) is 6.23. The number of rotatable bonds is 0. The summed E-state index contributed by atoms with van der Waals surface area (Å²) in [5.41, 5.74) is 11.0. The molecule has 2 aromatic carbocycles. The normalized spacial score (nSPS) is 14.3. The van der Waals surface area contributed by atoms with Crippen LogP contribution in [0.15, 0.2) is 36.4 Å². The highest BCUT2D eigenvalue weighted by atomic mass is 35.5. The lowest BCUT2D eigenvalue weighted by Crippen LogP contribution is -2.20. The number of halogens is 2. The van der Waals surface area contributed by atoms with Gasteiger partial charge in [-0.3, -0.25) is 0 Å². The quantitative estimate of drug-likeness (QED) is 0.766. The first kappa shape index (κ1) is 11.1. The number of benzene rings is 2. The van der Waals surface area contributed by atoms with Gasteiger partial charge in [-0.15, -0.1) is 0 Å². The Labute approximate surface area is 110 Å². The van der Waals surface area contributed by atoms with Gasteiger partial charge in [-0.1, -0.05) is 35.3 Å². The highest BCUT2D eigenvalue weighted by molar-refractivity contribution is 6.31. The summed E-state index contributed by atoms with van der Waals surface area (Å²) in [5, 5.41) is 1.50. The fourth-order valence-corrected chi connectivity index (χ4v) is 2.82. The number of hydrogen-bond donors (Lipinski definition) is 1. The Morgan fingerprint density at radius 2 is 1.35 bits per heavy atom. The molecule has 0 atom stereocenters. The van der Waals surface area contributed by atoms with Crippen LogP contribution in [-0.4, -0.2) is 0 Å². The fraction of sp³-hybridized carbons (Fsp3) is 0.143. The van der Waals surface area contributed by atoms with Gasteiger partial charge in [0.05, 0.1) is 6.04 Å². The van der Waals surface area contributed by atoms with E-state index in [4.69, 9.17) is 28.9 Å². The Hall–Kier alpha value is -1.02. The highest BCUT2D eigenvalue weighted by Gasteiger charge is 2.22. The summed E-state index contributed by atoms with van der Waals surface area (Å²) in [7, 11) is 0. The molecule has 3 rings (SSSR count). The number of nitrogens with two attached hydrogens (primary N) is 1. The standard InChI is InChI=1S/C14H11Cl2N/c15-10-1-3-12-8(6-10)5-9-7-11(16)2-4-13(9)14(12)17/h1-4,6-7,14H,5,17H2. The summed E-state index contributed by atoms with van der Waals surface area (Å²) in [4.78, 5) is 0. The van der Waals surface area contributed by atoms with Crippen LogP contribution in [0, 0.1) is 0 Å². The largest absolute Gasteiger partial charge is 0.320 e. The maximum absolute atomic E-state index is 6.27. The van der Waals surface area contributed by atoms with Crippen molar-refractivity contribution in [3.05, 3.63) is 68.7 Å². The molecular weight excluding hydrogens is 253 g/mol. The van der Waals surface area contributed by atoms with Gasteiger partial charge < -0.3 is 5.73 Å². The van der Waals surface area contributed by atoms with Crippen molar-refractivity contribution in [1.82, 2.24) is 0 Å². The van der Waals surface area contributed by atoms with E-state index in [1.807, 2.05) is 36.4 Å². The lowest BCUT2D eigenvalue weighted by Gasteiger charge is -2.26. The van der Waals surface area contributed by atoms with Crippen LogP contribution in [0.3, 0.4) is 0 Å². The van der Waals surface area contributed by atoms with Crippen molar-refractivity contribution in [2.24, 2.45) is 5.73 Å². The highest BCUT2D eigenvalue weighted by Crippen LogP contribution is 2.35. The molecule has 17 heavy (non-hydrogen) atoms. The minimum atomic E-state index is -0.0803. The predicted molar refractivity (Wildman–Crippen MR) is 71.7 cm³/mol. The fourth-order valence-electron chi connectivity index (χ4n) is 2.43. The molecule has 0 radical (unpaired) electrons. The van der Waals surface area contributed by atoms with Crippen LogP contribution in [0.1, 0.15) is 28.3 Å². The van der Waals surface area contributed by atoms with Crippen molar-refractivity contribution in [2.75, 3.05) is 0 Å². The van der Waals surface area contributed by atoms with Gasteiger partial charge in [0.15, 0.2) is 0 Å². The molecule has 0 bridgehead atoms. The minimum absolute atomic E-state index is 0.0803. The molecule has 86 valence electrons. The summed E-state index contributed by atoms with van der Waals surface area (Å²) in [6, 6.07) is 11.7. The molecule has 2 aromatic rings. The maximum Gasteiger partial charge on any atom is 0.0557 e. The van der Waals surface area contributed by atoms with Crippen LogP contribution >= 0.6 is 23.2 Å². The summed E-state index contributed by atoms with van der Waals surface area (Å²) < 4.78 is 0. The van der Waals surface area contributed by atoms with Crippen LogP contribution in [-0.2, 0) is 6.42 Å². The Kier molecular flexibility index (Phi) is 2.62. The summed E-state index contributed by atoms with van der Waals surface area (Å²) in [6.45, 7) is 0. The predicted octanol–water partition coefficient (Wildman–Crippen LogP) is 3.95. The molecule has 1 aliphatic rings. The van der Waals surface area contributed by atoms with Gasteiger partial charge in [-0.05, 0) is 52.9 Å².